The second-order valence-corrected chi connectivity index (χ2v) is 7.63. The van der Waals surface area contributed by atoms with Gasteiger partial charge in [-0.25, -0.2) is 4.98 Å². The SMILES string of the molecule is CCc1nnnn1-c1cc(C(=O)NC(C)Cn2ccnc2)cc(-c2ccc(C)cc2)c1. The van der Waals surface area contributed by atoms with Gasteiger partial charge >= 0.3 is 0 Å². The second kappa shape index (κ2) is 8.91. The molecular weight excluding hydrogens is 390 g/mol. The van der Waals surface area contributed by atoms with E-state index in [4.69, 9.17) is 0 Å². The van der Waals surface area contributed by atoms with E-state index < -0.39 is 0 Å². The Morgan fingerprint density at radius 3 is 2.65 bits per heavy atom. The maximum Gasteiger partial charge on any atom is 0.251 e. The number of nitrogens with zero attached hydrogens (tertiary/aromatic N) is 6. The van der Waals surface area contributed by atoms with Gasteiger partial charge in [-0.15, -0.1) is 5.10 Å². The zero-order valence-corrected chi connectivity index (χ0v) is 17.9. The number of aromatic nitrogens is 6. The van der Waals surface area contributed by atoms with Gasteiger partial charge in [-0.3, -0.25) is 4.79 Å². The van der Waals surface area contributed by atoms with Gasteiger partial charge in [-0.1, -0.05) is 36.8 Å². The van der Waals surface area contributed by atoms with Gasteiger partial charge in [0.2, 0.25) is 0 Å². The molecule has 2 heterocycles. The van der Waals surface area contributed by atoms with Crippen LogP contribution in [0.2, 0.25) is 0 Å². The average Bonchev–Trinajstić information content (AvgIpc) is 3.45. The first-order valence-electron chi connectivity index (χ1n) is 10.3. The van der Waals surface area contributed by atoms with Gasteiger partial charge in [-0.05, 0) is 53.6 Å². The fourth-order valence-corrected chi connectivity index (χ4v) is 3.47. The molecule has 0 saturated heterocycles. The molecule has 0 saturated carbocycles. The molecule has 31 heavy (non-hydrogen) atoms. The zero-order chi connectivity index (χ0) is 21.8. The number of nitrogens with one attached hydrogen (secondary N) is 1. The largest absolute Gasteiger partial charge is 0.348 e. The number of carbonyl (C=O) groups is 1. The number of imidazole rings is 1. The summed E-state index contributed by atoms with van der Waals surface area (Å²) in [5, 5.41) is 15.1. The second-order valence-electron chi connectivity index (χ2n) is 7.63. The van der Waals surface area contributed by atoms with Crippen molar-refractivity contribution in [3.63, 3.8) is 0 Å². The molecule has 0 fully saturated rings. The first kappa shape index (κ1) is 20.5. The minimum Gasteiger partial charge on any atom is -0.348 e. The fraction of sp³-hybridized carbons (Fsp3) is 0.261. The van der Waals surface area contributed by atoms with Gasteiger partial charge in [0, 0.05) is 37.0 Å². The summed E-state index contributed by atoms with van der Waals surface area (Å²) in [6.45, 7) is 6.66. The van der Waals surface area contributed by atoms with E-state index >= 15 is 0 Å². The van der Waals surface area contributed by atoms with Gasteiger partial charge in [0.05, 0.1) is 12.0 Å². The van der Waals surface area contributed by atoms with E-state index in [0.717, 1.165) is 22.6 Å². The van der Waals surface area contributed by atoms with Gasteiger partial charge in [0.1, 0.15) is 0 Å². The molecule has 0 aliphatic carbocycles. The van der Waals surface area contributed by atoms with E-state index in [1.165, 1.54) is 5.56 Å². The van der Waals surface area contributed by atoms with Crippen molar-refractivity contribution in [1.29, 1.82) is 0 Å². The Hall–Kier alpha value is -3.81. The number of aryl methyl sites for hydroxylation is 2. The predicted molar refractivity (Wildman–Crippen MR) is 118 cm³/mol. The minimum atomic E-state index is -0.144. The molecule has 4 aromatic rings. The third-order valence-electron chi connectivity index (χ3n) is 5.08. The third kappa shape index (κ3) is 4.69. The lowest BCUT2D eigenvalue weighted by atomic mass is 10.0. The first-order valence-corrected chi connectivity index (χ1v) is 10.3. The first-order chi connectivity index (χ1) is 15.0. The van der Waals surface area contributed by atoms with Crippen molar-refractivity contribution in [2.24, 2.45) is 0 Å². The highest BCUT2D eigenvalue weighted by atomic mass is 16.1. The van der Waals surface area contributed by atoms with Crippen molar-refractivity contribution in [2.75, 3.05) is 0 Å². The standard InChI is InChI=1S/C23H25N7O/c1-4-22-26-27-28-30(22)21-12-19(18-7-5-16(2)6-8-18)11-20(13-21)23(31)25-17(3)14-29-10-9-24-15-29/h5-13,15,17H,4,14H2,1-3H3,(H,25,31). The van der Waals surface area contributed by atoms with Crippen molar-refractivity contribution < 1.29 is 4.79 Å². The van der Waals surface area contributed by atoms with E-state index in [1.807, 2.05) is 42.8 Å². The van der Waals surface area contributed by atoms with Gasteiger partial charge < -0.3 is 9.88 Å². The molecule has 8 heteroatoms. The van der Waals surface area contributed by atoms with E-state index in [9.17, 15) is 4.79 Å². The molecule has 0 aliphatic rings. The van der Waals surface area contributed by atoms with E-state index in [1.54, 1.807) is 17.2 Å². The average molecular weight is 416 g/mol. The molecule has 158 valence electrons. The fourth-order valence-electron chi connectivity index (χ4n) is 3.47. The summed E-state index contributed by atoms with van der Waals surface area (Å²) in [7, 11) is 0. The summed E-state index contributed by atoms with van der Waals surface area (Å²) in [6, 6.07) is 13.9. The van der Waals surface area contributed by atoms with Crippen LogP contribution in [0.1, 0.15) is 35.6 Å². The van der Waals surface area contributed by atoms with Crippen molar-refractivity contribution in [1.82, 2.24) is 35.1 Å². The van der Waals surface area contributed by atoms with Crippen LogP contribution >= 0.6 is 0 Å². The Labute approximate surface area is 180 Å². The molecule has 0 aliphatic heterocycles. The Kier molecular flexibility index (Phi) is 5.88. The van der Waals surface area contributed by atoms with Crippen molar-refractivity contribution in [3.8, 4) is 16.8 Å². The summed E-state index contributed by atoms with van der Waals surface area (Å²) < 4.78 is 3.62. The highest BCUT2D eigenvalue weighted by Gasteiger charge is 2.16. The molecule has 1 amide bonds. The predicted octanol–water partition coefficient (Wildman–Crippen LogP) is 3.22. The smallest absolute Gasteiger partial charge is 0.251 e. The lowest BCUT2D eigenvalue weighted by Gasteiger charge is -2.16. The number of benzene rings is 2. The quantitative estimate of drug-likeness (QED) is 0.500. The molecule has 0 spiro atoms. The lowest BCUT2D eigenvalue weighted by Crippen LogP contribution is -2.35. The molecule has 2 aromatic heterocycles. The number of rotatable bonds is 7. The molecule has 0 radical (unpaired) electrons. The van der Waals surface area contributed by atoms with Crippen LogP contribution in [-0.2, 0) is 13.0 Å². The highest BCUT2D eigenvalue weighted by molar-refractivity contribution is 5.96. The molecule has 2 aromatic carbocycles. The summed E-state index contributed by atoms with van der Waals surface area (Å²) in [5.41, 5.74) is 4.46. The van der Waals surface area contributed by atoms with Crippen LogP contribution in [-0.4, -0.2) is 41.7 Å². The Morgan fingerprint density at radius 1 is 1.13 bits per heavy atom. The number of tetrazole rings is 1. The Bertz CT molecular complexity index is 1160. The van der Waals surface area contributed by atoms with Crippen LogP contribution in [0.15, 0.2) is 61.2 Å². The molecule has 0 bridgehead atoms. The van der Waals surface area contributed by atoms with Crippen LogP contribution in [0, 0.1) is 6.92 Å². The topological polar surface area (TPSA) is 90.5 Å². The molecule has 1 atom stereocenters. The van der Waals surface area contributed by atoms with Crippen LogP contribution in [0.4, 0.5) is 0 Å². The van der Waals surface area contributed by atoms with E-state index in [-0.39, 0.29) is 11.9 Å². The summed E-state index contributed by atoms with van der Waals surface area (Å²) in [4.78, 5) is 17.1. The van der Waals surface area contributed by atoms with Crippen LogP contribution in [0.3, 0.4) is 0 Å². The monoisotopic (exact) mass is 415 g/mol. The molecular formula is C23H25N7O. The maximum absolute atomic E-state index is 13.1. The summed E-state index contributed by atoms with van der Waals surface area (Å²) in [5.74, 6) is 0.592. The van der Waals surface area contributed by atoms with Gasteiger partial charge in [-0.2, -0.15) is 4.68 Å². The summed E-state index contributed by atoms with van der Waals surface area (Å²) >= 11 is 0. The van der Waals surface area contributed by atoms with Crippen LogP contribution in [0.25, 0.3) is 16.8 Å². The third-order valence-corrected chi connectivity index (χ3v) is 5.08. The molecule has 1 unspecified atom stereocenters. The zero-order valence-electron chi connectivity index (χ0n) is 17.9. The lowest BCUT2D eigenvalue weighted by molar-refractivity contribution is 0.0936. The van der Waals surface area contributed by atoms with E-state index in [0.29, 0.717) is 18.5 Å². The molecule has 1 N–H and O–H groups in total. The van der Waals surface area contributed by atoms with Gasteiger partial charge in [0.25, 0.3) is 5.91 Å². The number of hydrogen-bond acceptors (Lipinski definition) is 5. The van der Waals surface area contributed by atoms with E-state index in [2.05, 4.69) is 57.0 Å². The number of hydrogen-bond donors (Lipinski definition) is 1. The maximum atomic E-state index is 13.1. The normalized spacial score (nSPS) is 12.0. The number of amides is 1. The van der Waals surface area contributed by atoms with Crippen molar-refractivity contribution >= 4 is 5.91 Å². The highest BCUT2D eigenvalue weighted by Crippen LogP contribution is 2.25. The van der Waals surface area contributed by atoms with Crippen molar-refractivity contribution in [3.05, 3.63) is 78.1 Å². The van der Waals surface area contributed by atoms with Crippen molar-refractivity contribution in [2.45, 2.75) is 39.8 Å². The Morgan fingerprint density at radius 2 is 1.94 bits per heavy atom. The Balaban J connectivity index is 1.68. The van der Waals surface area contributed by atoms with Gasteiger partial charge in [0.15, 0.2) is 5.82 Å². The number of carbonyl (C=O) groups excluding carboxylic acids is 1. The van der Waals surface area contributed by atoms with Crippen LogP contribution in [0.5, 0.6) is 0 Å². The molecule has 8 nitrogen and oxygen atoms in total. The van der Waals surface area contributed by atoms with Crippen LogP contribution < -0.4 is 5.32 Å². The minimum absolute atomic E-state index is 0.0626. The summed E-state index contributed by atoms with van der Waals surface area (Å²) in [6.07, 6.45) is 6.03. The molecule has 4 rings (SSSR count).